The Balaban J connectivity index is 1.72. The van der Waals surface area contributed by atoms with Gasteiger partial charge in [-0.15, -0.1) is 0 Å². The van der Waals surface area contributed by atoms with Gasteiger partial charge in [-0.25, -0.2) is 0 Å². The van der Waals surface area contributed by atoms with Crippen LogP contribution in [0.15, 0.2) is 18.3 Å². The molecule has 2 rings (SSSR count). The Morgan fingerprint density at radius 1 is 1.33 bits per heavy atom. The summed E-state index contributed by atoms with van der Waals surface area (Å²) in [6, 6.07) is 4.21. The highest BCUT2D eigenvalue weighted by atomic mass is 16.3. The molecule has 1 fully saturated rings. The van der Waals surface area contributed by atoms with Crippen molar-refractivity contribution in [3.8, 4) is 0 Å². The van der Waals surface area contributed by atoms with E-state index in [4.69, 9.17) is 0 Å². The molecule has 0 bridgehead atoms. The number of hydrogen-bond donors (Lipinski definition) is 3. The number of H-pyrrole nitrogens is 1. The molecular formula is C15H26N2O. The van der Waals surface area contributed by atoms with Crippen LogP contribution in [-0.2, 0) is 5.41 Å². The third-order valence-electron chi connectivity index (χ3n) is 4.14. The minimum absolute atomic E-state index is 0.0448. The maximum Gasteiger partial charge on any atom is 0.0540 e. The van der Waals surface area contributed by atoms with Crippen LogP contribution in [0.5, 0.6) is 0 Å². The molecule has 1 aromatic rings. The molecule has 1 aliphatic carbocycles. The van der Waals surface area contributed by atoms with E-state index in [0.717, 1.165) is 44.7 Å². The lowest BCUT2D eigenvalue weighted by Gasteiger charge is -2.28. The van der Waals surface area contributed by atoms with Crippen molar-refractivity contribution in [1.29, 1.82) is 0 Å². The Bertz CT molecular complexity index is 337. The molecule has 0 amide bonds. The van der Waals surface area contributed by atoms with Gasteiger partial charge in [-0.3, -0.25) is 0 Å². The topological polar surface area (TPSA) is 48.0 Å². The first-order valence-electron chi connectivity index (χ1n) is 7.10. The maximum absolute atomic E-state index is 9.48. The Morgan fingerprint density at radius 2 is 2.06 bits per heavy atom. The van der Waals surface area contributed by atoms with Gasteiger partial charge in [0.1, 0.15) is 0 Å². The molecule has 3 nitrogen and oxygen atoms in total. The van der Waals surface area contributed by atoms with Gasteiger partial charge in [-0.2, -0.15) is 0 Å². The van der Waals surface area contributed by atoms with Crippen LogP contribution in [0.25, 0.3) is 0 Å². The highest BCUT2D eigenvalue weighted by Crippen LogP contribution is 2.24. The summed E-state index contributed by atoms with van der Waals surface area (Å²) in [5, 5.41) is 13.1. The second-order valence-electron chi connectivity index (χ2n) is 6.27. The van der Waals surface area contributed by atoms with Crippen molar-refractivity contribution in [2.45, 2.75) is 51.0 Å². The first-order chi connectivity index (χ1) is 8.58. The van der Waals surface area contributed by atoms with Gasteiger partial charge in [-0.1, -0.05) is 13.8 Å². The lowest BCUT2D eigenvalue weighted by molar-refractivity contribution is 0.108. The van der Waals surface area contributed by atoms with E-state index in [9.17, 15) is 5.11 Å². The summed E-state index contributed by atoms with van der Waals surface area (Å²) in [5.74, 6) is 0.743. The molecule has 1 heterocycles. The molecule has 0 unspecified atom stereocenters. The molecule has 3 heteroatoms. The van der Waals surface area contributed by atoms with Crippen LogP contribution in [0.2, 0.25) is 0 Å². The largest absolute Gasteiger partial charge is 0.393 e. The molecule has 102 valence electrons. The number of aliphatic hydroxyl groups is 1. The van der Waals surface area contributed by atoms with E-state index >= 15 is 0 Å². The summed E-state index contributed by atoms with van der Waals surface area (Å²) in [5.41, 5.74) is 1.44. The zero-order valence-electron chi connectivity index (χ0n) is 11.6. The third-order valence-corrected chi connectivity index (χ3v) is 4.14. The highest BCUT2D eigenvalue weighted by Gasteiger charge is 2.23. The minimum Gasteiger partial charge on any atom is -0.393 e. The molecule has 3 N–H and O–H groups in total. The SMILES string of the molecule is CC(C)(CNCC1CCC(O)CC1)c1ccc[nH]1. The average molecular weight is 250 g/mol. The second-order valence-corrected chi connectivity index (χ2v) is 6.27. The smallest absolute Gasteiger partial charge is 0.0540 e. The first-order valence-corrected chi connectivity index (χ1v) is 7.10. The monoisotopic (exact) mass is 250 g/mol. The Kier molecular flexibility index (Phi) is 4.46. The number of aromatic nitrogens is 1. The number of aromatic amines is 1. The van der Waals surface area contributed by atoms with Gasteiger partial charge in [-0.05, 0) is 50.3 Å². The van der Waals surface area contributed by atoms with E-state index in [1.807, 2.05) is 6.20 Å². The molecule has 1 aliphatic rings. The number of aliphatic hydroxyl groups excluding tert-OH is 1. The minimum atomic E-state index is -0.0448. The molecule has 1 aromatic heterocycles. The van der Waals surface area contributed by atoms with Crippen molar-refractivity contribution in [1.82, 2.24) is 10.3 Å². The zero-order chi connectivity index (χ0) is 13.0. The van der Waals surface area contributed by atoms with Crippen molar-refractivity contribution in [3.05, 3.63) is 24.0 Å². The molecule has 0 saturated heterocycles. The van der Waals surface area contributed by atoms with Crippen molar-refractivity contribution < 1.29 is 5.11 Å². The molecule has 0 spiro atoms. The molecule has 18 heavy (non-hydrogen) atoms. The van der Waals surface area contributed by atoms with Gasteiger partial charge < -0.3 is 15.4 Å². The van der Waals surface area contributed by atoms with Crippen LogP contribution < -0.4 is 5.32 Å². The summed E-state index contributed by atoms with van der Waals surface area (Å²) < 4.78 is 0. The van der Waals surface area contributed by atoms with E-state index in [1.54, 1.807) is 0 Å². The Morgan fingerprint density at radius 3 is 2.67 bits per heavy atom. The van der Waals surface area contributed by atoms with Crippen molar-refractivity contribution in [3.63, 3.8) is 0 Å². The molecular weight excluding hydrogens is 224 g/mol. The predicted octanol–water partition coefficient (Wildman–Crippen LogP) is 2.43. The Hall–Kier alpha value is -0.800. The normalized spacial score (nSPS) is 25.3. The zero-order valence-corrected chi connectivity index (χ0v) is 11.6. The standard InChI is InChI=1S/C15H26N2O/c1-15(2,14-4-3-9-17-14)11-16-10-12-5-7-13(18)8-6-12/h3-4,9,12-13,16-18H,5-8,10-11H2,1-2H3. The van der Waals surface area contributed by atoms with Crippen molar-refractivity contribution >= 4 is 0 Å². The average Bonchev–Trinajstić information content (AvgIpc) is 2.86. The van der Waals surface area contributed by atoms with Gasteiger partial charge >= 0.3 is 0 Å². The van der Waals surface area contributed by atoms with Crippen molar-refractivity contribution in [2.75, 3.05) is 13.1 Å². The van der Waals surface area contributed by atoms with E-state index in [-0.39, 0.29) is 11.5 Å². The number of hydrogen-bond acceptors (Lipinski definition) is 2. The van der Waals surface area contributed by atoms with Crippen LogP contribution in [-0.4, -0.2) is 29.3 Å². The first kappa shape index (κ1) is 13.6. The molecule has 1 saturated carbocycles. The van der Waals surface area contributed by atoms with Crippen LogP contribution in [0, 0.1) is 5.92 Å². The summed E-state index contributed by atoms with van der Waals surface area (Å²) in [6.07, 6.45) is 6.23. The van der Waals surface area contributed by atoms with Crippen LogP contribution in [0.3, 0.4) is 0 Å². The third kappa shape index (κ3) is 3.59. The lowest BCUT2D eigenvalue weighted by atomic mass is 9.86. The maximum atomic E-state index is 9.48. The highest BCUT2D eigenvalue weighted by molar-refractivity contribution is 5.15. The fraction of sp³-hybridized carbons (Fsp3) is 0.733. The number of rotatable bonds is 5. The van der Waals surface area contributed by atoms with E-state index in [0.29, 0.717) is 0 Å². The molecule has 0 radical (unpaired) electrons. The van der Waals surface area contributed by atoms with Gasteiger partial charge in [0, 0.05) is 23.9 Å². The van der Waals surface area contributed by atoms with Crippen LogP contribution in [0.4, 0.5) is 0 Å². The van der Waals surface area contributed by atoms with E-state index in [2.05, 4.69) is 36.3 Å². The summed E-state index contributed by atoms with van der Waals surface area (Å²) >= 11 is 0. The van der Waals surface area contributed by atoms with Gasteiger partial charge in [0.25, 0.3) is 0 Å². The molecule has 0 aliphatic heterocycles. The van der Waals surface area contributed by atoms with Crippen molar-refractivity contribution in [2.24, 2.45) is 5.92 Å². The fourth-order valence-electron chi connectivity index (χ4n) is 2.78. The summed E-state index contributed by atoms with van der Waals surface area (Å²) in [6.45, 7) is 6.59. The van der Waals surface area contributed by atoms with E-state index < -0.39 is 0 Å². The molecule has 0 atom stereocenters. The van der Waals surface area contributed by atoms with Gasteiger partial charge in [0.15, 0.2) is 0 Å². The van der Waals surface area contributed by atoms with Crippen LogP contribution in [0.1, 0.15) is 45.2 Å². The molecule has 0 aromatic carbocycles. The summed E-state index contributed by atoms with van der Waals surface area (Å²) in [4.78, 5) is 3.30. The summed E-state index contributed by atoms with van der Waals surface area (Å²) in [7, 11) is 0. The Labute approximate surface area is 110 Å². The lowest BCUT2D eigenvalue weighted by Crippen LogP contribution is -2.37. The second kappa shape index (κ2) is 5.89. The fourth-order valence-corrected chi connectivity index (χ4v) is 2.78. The number of nitrogens with one attached hydrogen (secondary N) is 2. The predicted molar refractivity (Wildman–Crippen MR) is 74.7 cm³/mol. The van der Waals surface area contributed by atoms with Gasteiger partial charge in [0.2, 0.25) is 0 Å². The quantitative estimate of drug-likeness (QED) is 0.751. The van der Waals surface area contributed by atoms with Crippen LogP contribution >= 0.6 is 0 Å². The van der Waals surface area contributed by atoms with Gasteiger partial charge in [0.05, 0.1) is 6.10 Å². The van der Waals surface area contributed by atoms with E-state index in [1.165, 1.54) is 5.69 Å².